The summed E-state index contributed by atoms with van der Waals surface area (Å²) in [6, 6.07) is 0.196. The van der Waals surface area contributed by atoms with Gasteiger partial charge in [-0.2, -0.15) is 5.10 Å². The smallest absolute Gasteiger partial charge is 0.229 e. The first-order valence-corrected chi connectivity index (χ1v) is 7.51. The maximum Gasteiger partial charge on any atom is 0.229 e. The van der Waals surface area contributed by atoms with Gasteiger partial charge >= 0.3 is 0 Å². The Morgan fingerprint density at radius 3 is 3.00 bits per heavy atom. The van der Waals surface area contributed by atoms with Gasteiger partial charge in [0.15, 0.2) is 0 Å². The molecule has 1 amide bonds. The molecule has 1 aliphatic carbocycles. The Kier molecular flexibility index (Phi) is 2.88. The Morgan fingerprint density at radius 1 is 1.40 bits per heavy atom. The van der Waals surface area contributed by atoms with Gasteiger partial charge in [0, 0.05) is 24.4 Å². The fourth-order valence-electron chi connectivity index (χ4n) is 3.76. The van der Waals surface area contributed by atoms with E-state index in [4.69, 9.17) is 0 Å². The van der Waals surface area contributed by atoms with E-state index in [9.17, 15) is 4.79 Å². The summed E-state index contributed by atoms with van der Waals surface area (Å²) in [5, 5.41) is 7.17. The molecule has 0 saturated carbocycles. The topological polar surface area (TPSA) is 56.7 Å². The summed E-state index contributed by atoms with van der Waals surface area (Å²) in [4.78, 5) is 14.9. The fourth-order valence-corrected chi connectivity index (χ4v) is 3.76. The monoisotopic (exact) mass is 272 g/mol. The number of hydrogen-bond acceptors (Lipinski definition) is 4. The summed E-state index contributed by atoms with van der Waals surface area (Å²) in [5.74, 6) is 1.26. The average Bonchev–Trinajstić information content (AvgIpc) is 2.96. The molecule has 0 radical (unpaired) electrons. The molecule has 5 nitrogen and oxygen atoms in total. The third-order valence-electron chi connectivity index (χ3n) is 5.00. The van der Waals surface area contributed by atoms with Crippen LogP contribution in [0.25, 0.3) is 0 Å². The van der Waals surface area contributed by atoms with Crippen LogP contribution in [0.15, 0.2) is 29.0 Å². The molecule has 5 aliphatic rings. The van der Waals surface area contributed by atoms with Gasteiger partial charge in [-0.1, -0.05) is 6.08 Å². The van der Waals surface area contributed by atoms with Crippen LogP contribution < -0.4 is 10.7 Å². The van der Waals surface area contributed by atoms with E-state index in [2.05, 4.69) is 32.9 Å². The predicted octanol–water partition coefficient (Wildman–Crippen LogP) is 0.472. The first kappa shape index (κ1) is 12.1. The number of piperidine rings is 3. The van der Waals surface area contributed by atoms with Crippen molar-refractivity contribution in [3.63, 3.8) is 0 Å². The molecule has 3 atom stereocenters. The Morgan fingerprint density at radius 2 is 2.25 bits per heavy atom. The maximum atomic E-state index is 12.5. The van der Waals surface area contributed by atoms with E-state index >= 15 is 0 Å². The van der Waals surface area contributed by atoms with Gasteiger partial charge in [-0.15, -0.1) is 0 Å². The summed E-state index contributed by atoms with van der Waals surface area (Å²) in [7, 11) is 0. The highest BCUT2D eigenvalue weighted by Crippen LogP contribution is 2.32. The Balaban J connectivity index is 1.42. The van der Waals surface area contributed by atoms with Crippen LogP contribution in [0.2, 0.25) is 0 Å². The molecule has 4 heterocycles. The van der Waals surface area contributed by atoms with E-state index in [0.717, 1.165) is 12.2 Å². The molecule has 3 fully saturated rings. The number of fused-ring (bicyclic) bond motifs is 4. The third kappa shape index (κ3) is 2.06. The lowest BCUT2D eigenvalue weighted by Crippen LogP contribution is -2.52. The number of allylic oxidation sites excluding steroid dienone is 1. The molecule has 2 N–H and O–H groups in total. The lowest BCUT2D eigenvalue weighted by Gasteiger charge is -2.44. The van der Waals surface area contributed by atoms with Crippen LogP contribution >= 0.6 is 0 Å². The normalized spacial score (nSPS) is 41.0. The summed E-state index contributed by atoms with van der Waals surface area (Å²) >= 11 is 0. The van der Waals surface area contributed by atoms with Crippen molar-refractivity contribution < 1.29 is 4.79 Å². The summed E-state index contributed by atoms with van der Waals surface area (Å²) in [6.45, 7) is 3.27. The van der Waals surface area contributed by atoms with Gasteiger partial charge in [0.25, 0.3) is 0 Å². The Hall–Kier alpha value is -1.62. The number of rotatable bonds is 2. The van der Waals surface area contributed by atoms with Gasteiger partial charge in [-0.25, -0.2) is 0 Å². The van der Waals surface area contributed by atoms with Crippen LogP contribution in [0.1, 0.15) is 12.8 Å². The quantitative estimate of drug-likeness (QED) is 0.768. The zero-order valence-corrected chi connectivity index (χ0v) is 11.5. The number of hydrogen-bond donors (Lipinski definition) is 2. The Bertz CT molecular complexity index is 502. The number of carbonyl (C=O) groups is 1. The van der Waals surface area contributed by atoms with E-state index in [-0.39, 0.29) is 17.9 Å². The lowest BCUT2D eigenvalue weighted by atomic mass is 9.78. The minimum atomic E-state index is 0.164. The second-order valence-corrected chi connectivity index (χ2v) is 6.23. The molecule has 5 heteroatoms. The highest BCUT2D eigenvalue weighted by molar-refractivity contribution is 5.82. The number of carbonyl (C=O) groups excluding carboxylic acids is 1. The molecule has 106 valence electrons. The van der Waals surface area contributed by atoms with Crippen LogP contribution in [0.5, 0.6) is 0 Å². The van der Waals surface area contributed by atoms with Gasteiger partial charge in [-0.05, 0) is 44.0 Å². The second-order valence-electron chi connectivity index (χ2n) is 6.23. The zero-order valence-electron chi connectivity index (χ0n) is 11.5. The van der Waals surface area contributed by atoms with E-state index in [0.29, 0.717) is 11.8 Å². The number of amides is 1. The molecular weight excluding hydrogens is 252 g/mol. The molecule has 3 saturated heterocycles. The summed E-state index contributed by atoms with van der Waals surface area (Å²) in [5.41, 5.74) is 3.96. The number of nitrogens with zero attached hydrogens (tertiary/aromatic N) is 2. The molecule has 20 heavy (non-hydrogen) atoms. The Labute approximate surface area is 118 Å². The molecule has 0 spiro atoms. The minimum absolute atomic E-state index is 0.164. The molecular formula is C15H20N4O. The van der Waals surface area contributed by atoms with Gasteiger partial charge in [0.05, 0.1) is 12.0 Å². The van der Waals surface area contributed by atoms with Crippen molar-refractivity contribution in [2.24, 2.45) is 22.9 Å². The molecule has 3 unspecified atom stereocenters. The van der Waals surface area contributed by atoms with Crippen molar-refractivity contribution in [1.29, 1.82) is 0 Å². The van der Waals surface area contributed by atoms with Crippen LogP contribution in [0.3, 0.4) is 0 Å². The standard InChI is InChI=1S/C15H20N4O/c20-15(13-9-19-5-3-10(13)4-6-19)17-12-2-1-11-8-16-18-14(11)7-12/h1-2,7-8,10-11,13-14,18H,3-6,9H2,(H,17,20). The number of nitrogens with one attached hydrogen (secondary N) is 2. The van der Waals surface area contributed by atoms with Crippen molar-refractivity contribution in [3.05, 3.63) is 23.9 Å². The molecule has 0 aromatic carbocycles. The molecule has 2 bridgehead atoms. The zero-order chi connectivity index (χ0) is 13.5. The first-order chi connectivity index (χ1) is 9.79. The van der Waals surface area contributed by atoms with Crippen molar-refractivity contribution in [2.75, 3.05) is 19.6 Å². The highest BCUT2D eigenvalue weighted by atomic mass is 16.2. The lowest BCUT2D eigenvalue weighted by molar-refractivity contribution is -0.130. The van der Waals surface area contributed by atoms with E-state index < -0.39 is 0 Å². The second kappa shape index (κ2) is 4.74. The number of hydrazone groups is 1. The molecule has 4 aliphatic heterocycles. The van der Waals surface area contributed by atoms with Crippen LogP contribution in [0, 0.1) is 17.8 Å². The van der Waals surface area contributed by atoms with Gasteiger partial charge in [0.1, 0.15) is 0 Å². The van der Waals surface area contributed by atoms with Gasteiger partial charge in [-0.3, -0.25) is 4.79 Å². The van der Waals surface area contributed by atoms with Gasteiger partial charge in [0.2, 0.25) is 5.91 Å². The molecule has 5 rings (SSSR count). The van der Waals surface area contributed by atoms with Gasteiger partial charge < -0.3 is 15.6 Å². The van der Waals surface area contributed by atoms with Crippen molar-refractivity contribution in [2.45, 2.75) is 18.9 Å². The van der Waals surface area contributed by atoms with Crippen LogP contribution in [-0.2, 0) is 4.79 Å². The largest absolute Gasteiger partial charge is 0.326 e. The van der Waals surface area contributed by atoms with Crippen LogP contribution in [0.4, 0.5) is 0 Å². The van der Waals surface area contributed by atoms with E-state index in [1.165, 1.54) is 25.9 Å². The first-order valence-electron chi connectivity index (χ1n) is 7.51. The fraction of sp³-hybridized carbons (Fsp3) is 0.600. The van der Waals surface area contributed by atoms with Crippen molar-refractivity contribution in [3.8, 4) is 0 Å². The van der Waals surface area contributed by atoms with E-state index in [1.54, 1.807) is 0 Å². The predicted molar refractivity (Wildman–Crippen MR) is 76.9 cm³/mol. The maximum absolute atomic E-state index is 12.5. The average molecular weight is 272 g/mol. The van der Waals surface area contributed by atoms with E-state index in [1.807, 2.05) is 12.3 Å². The summed E-state index contributed by atoms with van der Waals surface area (Å²) in [6.07, 6.45) is 10.4. The van der Waals surface area contributed by atoms with Crippen molar-refractivity contribution >= 4 is 12.1 Å². The highest BCUT2D eigenvalue weighted by Gasteiger charge is 2.38. The van der Waals surface area contributed by atoms with Crippen LogP contribution in [-0.4, -0.2) is 42.7 Å². The SMILES string of the molecule is O=C(NC1=CC2NN=CC2C=C1)C1CN2CCC1CC2. The van der Waals surface area contributed by atoms with Crippen molar-refractivity contribution in [1.82, 2.24) is 15.6 Å². The summed E-state index contributed by atoms with van der Waals surface area (Å²) < 4.78 is 0. The third-order valence-corrected chi connectivity index (χ3v) is 5.00. The minimum Gasteiger partial charge on any atom is -0.326 e. The molecule has 0 aromatic rings. The molecule has 0 aromatic heterocycles.